The Kier molecular flexibility index (Phi) is 3.94. The molecule has 0 aliphatic carbocycles. The van der Waals surface area contributed by atoms with Crippen LogP contribution in [-0.2, 0) is 6.42 Å². The van der Waals surface area contributed by atoms with Gasteiger partial charge in [-0.1, -0.05) is 18.2 Å². The number of ether oxygens (including phenoxy) is 1. The highest BCUT2D eigenvalue weighted by molar-refractivity contribution is 5.94. The molecule has 2 heterocycles. The molecule has 2 aliphatic rings. The van der Waals surface area contributed by atoms with E-state index < -0.39 is 11.6 Å². The van der Waals surface area contributed by atoms with E-state index in [-0.39, 0.29) is 17.1 Å². The lowest BCUT2D eigenvalue weighted by Gasteiger charge is -2.44. The van der Waals surface area contributed by atoms with Crippen molar-refractivity contribution < 1.29 is 18.3 Å². The van der Waals surface area contributed by atoms with Gasteiger partial charge in [0.25, 0.3) is 5.91 Å². The Hall–Kier alpha value is -2.43. The molecule has 4 rings (SSSR count). The predicted molar refractivity (Wildman–Crippen MR) is 89.6 cm³/mol. The minimum atomic E-state index is -0.812. The first-order valence-corrected chi connectivity index (χ1v) is 8.58. The highest BCUT2D eigenvalue weighted by atomic mass is 19.1. The van der Waals surface area contributed by atoms with Gasteiger partial charge in [0.05, 0.1) is 5.56 Å². The zero-order valence-corrected chi connectivity index (χ0v) is 13.8. The maximum Gasteiger partial charge on any atom is 0.256 e. The molecule has 1 amide bonds. The Morgan fingerprint density at radius 1 is 1.04 bits per heavy atom. The number of likely N-dealkylation sites (tertiary alicyclic amines) is 1. The minimum Gasteiger partial charge on any atom is -0.487 e. The van der Waals surface area contributed by atoms with E-state index in [2.05, 4.69) is 6.07 Å². The minimum absolute atomic E-state index is 0.0766. The molecule has 2 aliphatic heterocycles. The lowest BCUT2D eigenvalue weighted by Crippen LogP contribution is -2.51. The number of benzene rings is 2. The standard InChI is InChI=1S/C20H19F2NO2/c21-15-5-6-16(17(22)13-15)19(24)23-11-9-20(10-12-23)8-7-14-3-1-2-4-18(14)25-20/h1-6,13H,7-12H2. The Morgan fingerprint density at radius 3 is 2.56 bits per heavy atom. The zero-order valence-electron chi connectivity index (χ0n) is 13.8. The number of hydrogen-bond acceptors (Lipinski definition) is 2. The molecule has 25 heavy (non-hydrogen) atoms. The number of para-hydroxylation sites is 1. The van der Waals surface area contributed by atoms with Crippen LogP contribution < -0.4 is 4.74 Å². The van der Waals surface area contributed by atoms with E-state index in [1.54, 1.807) is 4.90 Å². The number of fused-ring (bicyclic) bond motifs is 1. The van der Waals surface area contributed by atoms with Gasteiger partial charge in [-0.2, -0.15) is 0 Å². The van der Waals surface area contributed by atoms with Gasteiger partial charge in [0.2, 0.25) is 0 Å². The van der Waals surface area contributed by atoms with Gasteiger partial charge in [-0.15, -0.1) is 0 Å². The van der Waals surface area contributed by atoms with E-state index in [0.29, 0.717) is 13.1 Å². The van der Waals surface area contributed by atoms with Crippen LogP contribution in [0.4, 0.5) is 8.78 Å². The summed E-state index contributed by atoms with van der Waals surface area (Å²) in [5.41, 5.74) is 0.902. The maximum atomic E-state index is 13.9. The average molecular weight is 343 g/mol. The third-order valence-electron chi connectivity index (χ3n) is 5.27. The molecule has 1 spiro atoms. The highest BCUT2D eigenvalue weighted by Crippen LogP contribution is 2.39. The fourth-order valence-corrected chi connectivity index (χ4v) is 3.76. The van der Waals surface area contributed by atoms with Gasteiger partial charge in [-0.25, -0.2) is 8.78 Å². The number of amides is 1. The summed E-state index contributed by atoms with van der Waals surface area (Å²) in [6, 6.07) is 11.1. The zero-order chi connectivity index (χ0) is 17.4. The second kappa shape index (κ2) is 6.14. The molecule has 1 saturated heterocycles. The number of hydrogen-bond donors (Lipinski definition) is 0. The van der Waals surface area contributed by atoms with E-state index in [1.807, 2.05) is 18.2 Å². The van der Waals surface area contributed by atoms with Crippen LogP contribution in [0.2, 0.25) is 0 Å². The van der Waals surface area contributed by atoms with Gasteiger partial charge in [-0.3, -0.25) is 4.79 Å². The Morgan fingerprint density at radius 2 is 1.80 bits per heavy atom. The molecule has 0 N–H and O–H groups in total. The normalized spacial score (nSPS) is 18.6. The number of nitrogens with zero attached hydrogens (tertiary/aromatic N) is 1. The Balaban J connectivity index is 1.46. The van der Waals surface area contributed by atoms with Crippen molar-refractivity contribution in [1.29, 1.82) is 0 Å². The lowest BCUT2D eigenvalue weighted by molar-refractivity contribution is -0.0107. The maximum absolute atomic E-state index is 13.9. The van der Waals surface area contributed by atoms with Crippen LogP contribution in [0.5, 0.6) is 5.75 Å². The molecule has 0 radical (unpaired) electrons. The second-order valence-corrected chi connectivity index (χ2v) is 6.81. The van der Waals surface area contributed by atoms with Crippen molar-refractivity contribution in [3.05, 3.63) is 65.2 Å². The SMILES string of the molecule is O=C(c1ccc(F)cc1F)N1CCC2(CCc3ccccc3O2)CC1. The van der Waals surface area contributed by atoms with Gasteiger partial charge >= 0.3 is 0 Å². The number of piperidine rings is 1. The predicted octanol–water partition coefficient (Wildman–Crippen LogP) is 3.96. The van der Waals surface area contributed by atoms with E-state index >= 15 is 0 Å². The lowest BCUT2D eigenvalue weighted by atomic mass is 9.83. The second-order valence-electron chi connectivity index (χ2n) is 6.81. The van der Waals surface area contributed by atoms with Crippen LogP contribution in [0.3, 0.4) is 0 Å². The molecule has 2 aromatic rings. The summed E-state index contributed by atoms with van der Waals surface area (Å²) in [5.74, 6) is -0.948. The summed E-state index contributed by atoms with van der Waals surface area (Å²) in [5, 5.41) is 0. The van der Waals surface area contributed by atoms with Crippen LogP contribution in [0.15, 0.2) is 42.5 Å². The van der Waals surface area contributed by atoms with Crippen LogP contribution in [0.25, 0.3) is 0 Å². The quantitative estimate of drug-likeness (QED) is 0.784. The van der Waals surface area contributed by atoms with Gasteiger partial charge in [-0.05, 0) is 36.6 Å². The summed E-state index contributed by atoms with van der Waals surface area (Å²) in [4.78, 5) is 14.2. The molecule has 130 valence electrons. The van der Waals surface area contributed by atoms with Crippen molar-refractivity contribution in [2.24, 2.45) is 0 Å². The molecule has 0 bridgehead atoms. The van der Waals surface area contributed by atoms with Crippen molar-refractivity contribution in [2.75, 3.05) is 13.1 Å². The van der Waals surface area contributed by atoms with E-state index in [4.69, 9.17) is 4.74 Å². The van der Waals surface area contributed by atoms with Crippen LogP contribution in [0, 0.1) is 11.6 Å². The molecule has 5 heteroatoms. The summed E-state index contributed by atoms with van der Waals surface area (Å²) in [6.07, 6.45) is 3.33. The number of aryl methyl sites for hydroxylation is 1. The number of rotatable bonds is 1. The Bertz CT molecular complexity index is 813. The molecular formula is C20H19F2NO2. The molecule has 0 unspecified atom stereocenters. The first kappa shape index (κ1) is 16.1. The summed E-state index contributed by atoms with van der Waals surface area (Å²) >= 11 is 0. The van der Waals surface area contributed by atoms with Gasteiger partial charge < -0.3 is 9.64 Å². The van der Waals surface area contributed by atoms with Gasteiger partial charge in [0.1, 0.15) is 23.0 Å². The van der Waals surface area contributed by atoms with Crippen molar-refractivity contribution in [1.82, 2.24) is 4.90 Å². The highest BCUT2D eigenvalue weighted by Gasteiger charge is 2.40. The average Bonchev–Trinajstić information content (AvgIpc) is 2.62. The van der Waals surface area contributed by atoms with E-state index in [0.717, 1.165) is 43.6 Å². The van der Waals surface area contributed by atoms with E-state index in [1.165, 1.54) is 11.6 Å². The van der Waals surface area contributed by atoms with Crippen molar-refractivity contribution in [3.8, 4) is 5.75 Å². The van der Waals surface area contributed by atoms with Gasteiger partial charge in [0, 0.05) is 32.0 Å². The molecule has 0 aromatic heterocycles. The molecule has 0 saturated carbocycles. The molecule has 0 atom stereocenters. The largest absolute Gasteiger partial charge is 0.487 e. The first-order chi connectivity index (χ1) is 12.1. The first-order valence-electron chi connectivity index (χ1n) is 8.58. The molecular weight excluding hydrogens is 324 g/mol. The smallest absolute Gasteiger partial charge is 0.256 e. The molecule has 3 nitrogen and oxygen atoms in total. The number of carbonyl (C=O) groups excluding carboxylic acids is 1. The van der Waals surface area contributed by atoms with E-state index in [9.17, 15) is 13.6 Å². The molecule has 2 aromatic carbocycles. The third-order valence-corrected chi connectivity index (χ3v) is 5.27. The van der Waals surface area contributed by atoms with Crippen LogP contribution in [0.1, 0.15) is 35.2 Å². The molecule has 1 fully saturated rings. The third kappa shape index (κ3) is 2.99. The van der Waals surface area contributed by atoms with Crippen molar-refractivity contribution in [3.63, 3.8) is 0 Å². The fraction of sp³-hybridized carbons (Fsp3) is 0.350. The summed E-state index contributed by atoms with van der Waals surface area (Å²) < 4.78 is 33.2. The van der Waals surface area contributed by atoms with Gasteiger partial charge in [0.15, 0.2) is 0 Å². The topological polar surface area (TPSA) is 29.5 Å². The van der Waals surface area contributed by atoms with Crippen LogP contribution >= 0.6 is 0 Å². The monoisotopic (exact) mass is 343 g/mol. The van der Waals surface area contributed by atoms with Crippen LogP contribution in [-0.4, -0.2) is 29.5 Å². The van der Waals surface area contributed by atoms with Crippen molar-refractivity contribution >= 4 is 5.91 Å². The summed E-state index contributed by atoms with van der Waals surface area (Å²) in [6.45, 7) is 1.02. The summed E-state index contributed by atoms with van der Waals surface area (Å²) in [7, 11) is 0. The van der Waals surface area contributed by atoms with Crippen molar-refractivity contribution in [2.45, 2.75) is 31.3 Å². The fourth-order valence-electron chi connectivity index (χ4n) is 3.76. The Labute approximate surface area is 145 Å². The number of carbonyl (C=O) groups is 1. The number of halogens is 2.